The zero-order valence-corrected chi connectivity index (χ0v) is 21.6. The van der Waals surface area contributed by atoms with E-state index in [1.807, 2.05) is 0 Å². The molecule has 38 heavy (non-hydrogen) atoms. The van der Waals surface area contributed by atoms with Gasteiger partial charge in [0.1, 0.15) is 11.6 Å². The summed E-state index contributed by atoms with van der Waals surface area (Å²) in [4.78, 5) is 30.6. The van der Waals surface area contributed by atoms with Gasteiger partial charge in [0.05, 0.1) is 21.8 Å². The van der Waals surface area contributed by atoms with Crippen molar-refractivity contribution in [2.75, 3.05) is 18.4 Å². The Bertz CT molecular complexity index is 1610. The number of anilines is 1. The summed E-state index contributed by atoms with van der Waals surface area (Å²) in [5, 5.41) is 2.70. The fourth-order valence-electron chi connectivity index (χ4n) is 4.96. The molecule has 0 radical (unpaired) electrons. The highest BCUT2D eigenvalue weighted by Crippen LogP contribution is 2.36. The maximum atomic E-state index is 14.1. The van der Waals surface area contributed by atoms with Gasteiger partial charge in [0.25, 0.3) is 11.8 Å². The molecule has 0 aliphatic carbocycles. The Morgan fingerprint density at radius 3 is 2.55 bits per heavy atom. The van der Waals surface area contributed by atoms with Gasteiger partial charge in [-0.05, 0) is 62.2 Å². The Kier molecular flexibility index (Phi) is 6.44. The van der Waals surface area contributed by atoms with Crippen LogP contribution in [0.25, 0.3) is 11.6 Å². The van der Waals surface area contributed by atoms with Gasteiger partial charge in [-0.3, -0.25) is 9.59 Å². The van der Waals surface area contributed by atoms with Crippen LogP contribution in [0.15, 0.2) is 41.3 Å². The quantitative estimate of drug-likeness (QED) is 0.427. The Labute approximate surface area is 218 Å². The third-order valence-electron chi connectivity index (χ3n) is 7.02. The molecular formula is C27H26F2N4O4S. The number of sulfone groups is 1. The summed E-state index contributed by atoms with van der Waals surface area (Å²) in [6, 6.07) is 7.15. The number of benzene rings is 2. The number of carbonyl (C=O) groups is 2. The smallest absolute Gasteiger partial charge is 0.256 e. The largest absolute Gasteiger partial charge is 0.358 e. The number of aryl methyl sites for hydroxylation is 1. The molecule has 5 rings (SSSR count). The molecule has 2 aromatic carbocycles. The third kappa shape index (κ3) is 4.52. The van der Waals surface area contributed by atoms with Crippen molar-refractivity contribution in [1.82, 2.24) is 9.88 Å². The van der Waals surface area contributed by atoms with Crippen LogP contribution in [0.2, 0.25) is 0 Å². The monoisotopic (exact) mass is 540 g/mol. The van der Waals surface area contributed by atoms with Crippen LogP contribution in [0.3, 0.4) is 0 Å². The van der Waals surface area contributed by atoms with E-state index in [1.165, 1.54) is 18.2 Å². The van der Waals surface area contributed by atoms with E-state index in [4.69, 9.17) is 5.73 Å². The number of carbonyl (C=O) groups excluding carboxylic acids is 2. The fraction of sp³-hybridized carbons (Fsp3) is 0.259. The fourth-order valence-corrected chi connectivity index (χ4v) is 6.36. The van der Waals surface area contributed by atoms with Crippen LogP contribution in [0, 0.1) is 25.5 Å². The summed E-state index contributed by atoms with van der Waals surface area (Å²) >= 11 is 0. The Morgan fingerprint density at radius 1 is 1.18 bits per heavy atom. The van der Waals surface area contributed by atoms with Gasteiger partial charge < -0.3 is 20.9 Å². The van der Waals surface area contributed by atoms with Crippen molar-refractivity contribution in [2.24, 2.45) is 5.73 Å². The minimum Gasteiger partial charge on any atom is -0.358 e. The van der Waals surface area contributed by atoms with Gasteiger partial charge >= 0.3 is 0 Å². The lowest BCUT2D eigenvalue weighted by molar-refractivity contribution is -0.110. The maximum absolute atomic E-state index is 14.1. The number of hydrogen-bond donors (Lipinski definition) is 3. The van der Waals surface area contributed by atoms with Crippen molar-refractivity contribution in [3.63, 3.8) is 0 Å². The van der Waals surface area contributed by atoms with Gasteiger partial charge in [0, 0.05) is 47.3 Å². The van der Waals surface area contributed by atoms with Crippen LogP contribution in [-0.4, -0.2) is 49.2 Å². The summed E-state index contributed by atoms with van der Waals surface area (Å²) in [7, 11) is -4.14. The van der Waals surface area contributed by atoms with E-state index < -0.39 is 38.7 Å². The number of likely N-dealkylation sites (tertiary alicyclic amines) is 1. The van der Waals surface area contributed by atoms with Gasteiger partial charge in [-0.15, -0.1) is 0 Å². The second kappa shape index (κ2) is 9.48. The number of H-pyrrole nitrogens is 1. The lowest BCUT2D eigenvalue weighted by Gasteiger charge is -2.16. The zero-order valence-electron chi connectivity index (χ0n) is 20.8. The van der Waals surface area contributed by atoms with Crippen LogP contribution in [0.4, 0.5) is 14.5 Å². The minimum atomic E-state index is -4.14. The summed E-state index contributed by atoms with van der Waals surface area (Å²) in [5.41, 5.74) is 8.67. The first-order valence-corrected chi connectivity index (χ1v) is 13.7. The van der Waals surface area contributed by atoms with E-state index >= 15 is 0 Å². The molecule has 4 N–H and O–H groups in total. The molecule has 0 bridgehead atoms. The molecule has 0 unspecified atom stereocenters. The number of rotatable bonds is 5. The van der Waals surface area contributed by atoms with Gasteiger partial charge in [0.15, 0.2) is 9.84 Å². The van der Waals surface area contributed by atoms with E-state index in [-0.39, 0.29) is 22.4 Å². The van der Waals surface area contributed by atoms with Crippen molar-refractivity contribution in [3.8, 4) is 0 Å². The standard InChI is InChI=1S/C27H26F2N4O4S/c1-14-24(31-15(2)25(14)27(35)33-9-8-16(30)12-33)11-19-18-10-17(6-7-23(18)32-26(19)34)38(36,37)13-20-21(28)4-3-5-22(20)29/h3-7,10-11,16,31H,8-9,12-13,30H2,1-2H3,(H,32,34)/t16-/m0/s1. The number of hydrogen-bond acceptors (Lipinski definition) is 5. The van der Waals surface area contributed by atoms with Gasteiger partial charge in [-0.1, -0.05) is 6.07 Å². The van der Waals surface area contributed by atoms with Crippen molar-refractivity contribution in [2.45, 2.75) is 37.0 Å². The topological polar surface area (TPSA) is 125 Å². The third-order valence-corrected chi connectivity index (χ3v) is 8.66. The number of nitrogens with zero attached hydrogens (tertiary/aromatic N) is 1. The van der Waals surface area contributed by atoms with Crippen molar-refractivity contribution >= 4 is 39.0 Å². The molecule has 8 nitrogen and oxygen atoms in total. The van der Waals surface area contributed by atoms with Crippen LogP contribution in [0.1, 0.15) is 44.9 Å². The highest BCUT2D eigenvalue weighted by atomic mass is 32.2. The minimum absolute atomic E-state index is 0.0564. The number of aromatic amines is 1. The number of fused-ring (bicyclic) bond motifs is 1. The molecule has 0 saturated carbocycles. The molecule has 1 aromatic heterocycles. The molecule has 1 fully saturated rings. The van der Waals surface area contributed by atoms with E-state index in [9.17, 15) is 26.8 Å². The predicted molar refractivity (Wildman–Crippen MR) is 139 cm³/mol. The number of nitrogens with two attached hydrogens (primary N) is 1. The lowest BCUT2D eigenvalue weighted by atomic mass is 10.0. The molecule has 1 atom stereocenters. The predicted octanol–water partition coefficient (Wildman–Crippen LogP) is 3.55. The molecule has 2 aliphatic rings. The first-order chi connectivity index (χ1) is 18.0. The van der Waals surface area contributed by atoms with Crippen molar-refractivity contribution in [1.29, 1.82) is 0 Å². The van der Waals surface area contributed by atoms with Crippen molar-refractivity contribution < 1.29 is 26.8 Å². The molecular weight excluding hydrogens is 514 g/mol. The number of halogens is 2. The molecule has 198 valence electrons. The molecule has 3 heterocycles. The first-order valence-electron chi connectivity index (χ1n) is 12.0. The highest BCUT2D eigenvalue weighted by molar-refractivity contribution is 7.90. The van der Waals surface area contributed by atoms with E-state index in [0.29, 0.717) is 46.9 Å². The number of amides is 2. The molecule has 11 heteroatoms. The summed E-state index contributed by atoms with van der Waals surface area (Å²) < 4.78 is 54.4. The van der Waals surface area contributed by atoms with Crippen LogP contribution in [0.5, 0.6) is 0 Å². The van der Waals surface area contributed by atoms with E-state index in [1.54, 1.807) is 24.8 Å². The zero-order chi connectivity index (χ0) is 27.4. The molecule has 3 aromatic rings. The second-order valence-corrected chi connectivity index (χ2v) is 11.6. The first kappa shape index (κ1) is 25.8. The number of nitrogens with one attached hydrogen (secondary N) is 2. The Morgan fingerprint density at radius 2 is 1.89 bits per heavy atom. The average molecular weight is 541 g/mol. The highest BCUT2D eigenvalue weighted by Gasteiger charge is 2.31. The summed E-state index contributed by atoms with van der Waals surface area (Å²) in [5.74, 6) is -3.36. The number of aromatic nitrogens is 1. The van der Waals surface area contributed by atoms with E-state index in [0.717, 1.165) is 24.6 Å². The summed E-state index contributed by atoms with van der Waals surface area (Å²) in [6.45, 7) is 4.59. The Balaban J connectivity index is 1.50. The average Bonchev–Trinajstić information content (AvgIpc) is 3.51. The van der Waals surface area contributed by atoms with Crippen LogP contribution >= 0.6 is 0 Å². The van der Waals surface area contributed by atoms with Gasteiger partial charge in [0.2, 0.25) is 0 Å². The van der Waals surface area contributed by atoms with Crippen molar-refractivity contribution in [3.05, 3.63) is 81.7 Å². The van der Waals surface area contributed by atoms with Crippen LogP contribution < -0.4 is 11.1 Å². The van der Waals surface area contributed by atoms with E-state index in [2.05, 4.69) is 10.3 Å². The lowest BCUT2D eigenvalue weighted by Crippen LogP contribution is -2.32. The second-order valence-electron chi connectivity index (χ2n) is 9.64. The van der Waals surface area contributed by atoms with Gasteiger partial charge in [-0.2, -0.15) is 0 Å². The summed E-state index contributed by atoms with van der Waals surface area (Å²) in [6.07, 6.45) is 2.31. The maximum Gasteiger partial charge on any atom is 0.256 e. The van der Waals surface area contributed by atoms with Crippen LogP contribution in [-0.2, 0) is 20.4 Å². The molecule has 2 amide bonds. The normalized spacial score (nSPS) is 18.2. The Hall–Kier alpha value is -3.83. The molecule has 0 spiro atoms. The molecule has 2 aliphatic heterocycles. The SMILES string of the molecule is Cc1[nH]c(C=C2C(=O)Nc3ccc(S(=O)(=O)Cc4c(F)cccc4F)cc32)c(C)c1C(=O)N1CC[C@H](N)C1. The molecule has 1 saturated heterocycles. The van der Waals surface area contributed by atoms with Gasteiger partial charge in [-0.25, -0.2) is 17.2 Å².